The van der Waals surface area contributed by atoms with Gasteiger partial charge in [-0.15, -0.1) is 0 Å². The second kappa shape index (κ2) is 55.1. The van der Waals surface area contributed by atoms with Gasteiger partial charge >= 0.3 is 73.1 Å². The maximum Gasteiger partial charge on any atom is 0.469 e. The minimum absolute atomic E-state index is 0.0950. The fraction of sp³-hybridized carbons (Fsp3) is 0.721. The minimum Gasteiger partial charge on any atom is -0.469 e. The highest BCUT2D eigenvalue weighted by Crippen LogP contribution is 2.40. The van der Waals surface area contributed by atoms with E-state index in [0.29, 0.717) is 37.4 Å². The van der Waals surface area contributed by atoms with E-state index < -0.39 is 82.9 Å². The average Bonchev–Trinajstić information content (AvgIpc) is 0.834. The van der Waals surface area contributed by atoms with E-state index in [-0.39, 0.29) is 80.9 Å². The molecule has 2 aromatic rings. The van der Waals surface area contributed by atoms with E-state index in [2.05, 4.69) is 120 Å². The summed E-state index contributed by atoms with van der Waals surface area (Å²) >= 11 is 10.1. The number of carbonyl (C=O) groups is 7. The van der Waals surface area contributed by atoms with Gasteiger partial charge < -0.3 is 72.3 Å². The molecule has 3 atom stereocenters. The Bertz CT molecular complexity index is 2850. The molecule has 0 amide bonds. The van der Waals surface area contributed by atoms with Crippen molar-refractivity contribution in [2.45, 2.75) is 223 Å². The number of hydrogen-bond acceptors (Lipinski definition) is 22. The van der Waals surface area contributed by atoms with Gasteiger partial charge in [-0.25, -0.2) is 18.3 Å². The van der Waals surface area contributed by atoms with Crippen LogP contribution in [-0.4, -0.2) is 148 Å². The standard InChI is InChI=1S/C11H11Br3O2.C10H14.C9H19O6P.3C8H17O6P.2C7H14O2/c1-3-6(2)11(15)16-10-8(13)4-7(12)5-9(10)14;1-3-9(2)10-7-5-4-6-8-10;1-5-9(3,4)8(10)14-6-7(2)15-16(11,12)13;3*1-4-8(2,3)7(9)13-5-6-14-15(10,11)12;2*1-5-7(2,3)6(8)9-4/h4-6H,3H2,1-2H3;4-9H,3H2,1-2H3;7H,5-6H2,1-4H3,(H2,11,12,13);3*4-6H2,1-3H3,(H2,10,11,12);2*5H2,1-4H3. The Kier molecular flexibility index (Phi) is 59.0. The van der Waals surface area contributed by atoms with Gasteiger partial charge in [0, 0.05) is 4.47 Å². The molecule has 0 heterocycles. The van der Waals surface area contributed by atoms with Gasteiger partial charge in [-0.1, -0.05) is 115 Å². The summed E-state index contributed by atoms with van der Waals surface area (Å²) in [4.78, 5) is 146. The molecule has 0 radical (unpaired) electrons. The highest BCUT2D eigenvalue weighted by atomic mass is 79.9. The van der Waals surface area contributed by atoms with Crippen molar-refractivity contribution >= 4 is 121 Å². The van der Waals surface area contributed by atoms with Crippen LogP contribution in [0.4, 0.5) is 0 Å². The van der Waals surface area contributed by atoms with Gasteiger partial charge in [0.05, 0.1) is 81.4 Å². The molecule has 0 aliphatic rings. The molecular weight excluding hydrogens is 1660 g/mol. The minimum atomic E-state index is -4.52. The molecule has 0 fully saturated rings. The van der Waals surface area contributed by atoms with E-state index in [0.717, 1.165) is 32.7 Å². The first-order valence-corrected chi connectivity index (χ1v) is 42.1. The largest absolute Gasteiger partial charge is 0.469 e. The van der Waals surface area contributed by atoms with Crippen molar-refractivity contribution in [1.82, 2.24) is 0 Å². The topological polar surface area (TPSA) is 451 Å². The third-order valence-corrected chi connectivity index (χ3v) is 19.5. The number of benzene rings is 2. The Morgan fingerprint density at radius 1 is 0.410 bits per heavy atom. The Morgan fingerprint density at radius 2 is 0.686 bits per heavy atom. The lowest BCUT2D eigenvalue weighted by Gasteiger charge is -2.22. The van der Waals surface area contributed by atoms with E-state index in [1.54, 1.807) is 55.4 Å². The summed E-state index contributed by atoms with van der Waals surface area (Å²) in [7, 11) is -15.1. The smallest absolute Gasteiger partial charge is 0.469 e. The monoisotopic (exact) mass is 1780 g/mol. The maximum atomic E-state index is 11.7. The number of carbonyl (C=O) groups excluding carboxylic acids is 7. The van der Waals surface area contributed by atoms with Crippen LogP contribution in [0.2, 0.25) is 0 Å². The molecule has 2 aromatic carbocycles. The molecule has 0 aliphatic heterocycles. The molecule has 616 valence electrons. The third-order valence-electron chi connectivity index (χ3n) is 15.6. The Hall–Kier alpha value is -3.39. The number of phosphoric ester groups is 4. The van der Waals surface area contributed by atoms with Gasteiger partial charge in [0.25, 0.3) is 0 Å². The summed E-state index contributed by atoms with van der Waals surface area (Å²) < 4.78 is 94.0. The second-order valence-corrected chi connectivity index (χ2v) is 34.5. The van der Waals surface area contributed by atoms with Crippen LogP contribution < -0.4 is 4.74 Å². The molecule has 37 heteroatoms. The summed E-state index contributed by atoms with van der Waals surface area (Å²) in [6.45, 7) is 40.9. The highest BCUT2D eigenvalue weighted by molar-refractivity contribution is 9.11. The number of methoxy groups -OCH3 is 2. The van der Waals surface area contributed by atoms with E-state index in [1.165, 1.54) is 33.1 Å². The first-order valence-electron chi connectivity index (χ1n) is 33.6. The number of hydrogen-bond donors (Lipinski definition) is 8. The van der Waals surface area contributed by atoms with Gasteiger partial charge in [0.1, 0.15) is 32.5 Å². The van der Waals surface area contributed by atoms with Crippen LogP contribution in [0.25, 0.3) is 0 Å². The SMILES string of the molecule is CCC(C)(C)C(=O)OC.CCC(C)(C)C(=O)OC.CCC(C)(C)C(=O)OCC(C)OP(=O)(O)O.CCC(C)(C)C(=O)OCCOP(=O)(O)O.CCC(C)(C)C(=O)OCCOP(=O)(O)O.CCC(C)(C)C(=O)OCCOP(=O)(O)O.CCC(C)C(=O)Oc1c(Br)cc(Br)cc1Br.CCC(C)c1ccccc1. The van der Waals surface area contributed by atoms with Crippen molar-refractivity contribution in [3.05, 3.63) is 61.4 Å². The van der Waals surface area contributed by atoms with Crippen LogP contribution >= 0.6 is 79.1 Å². The zero-order chi connectivity index (χ0) is 84.0. The Morgan fingerprint density at radius 3 is 0.914 bits per heavy atom. The molecular formula is C68H123Br3O30P4. The molecule has 30 nitrogen and oxygen atoms in total. The van der Waals surface area contributed by atoms with Crippen LogP contribution in [0, 0.1) is 38.4 Å². The van der Waals surface area contributed by atoms with E-state index in [9.17, 15) is 51.8 Å². The van der Waals surface area contributed by atoms with Crippen molar-refractivity contribution in [3.63, 3.8) is 0 Å². The average molecular weight is 1780 g/mol. The lowest BCUT2D eigenvalue weighted by atomic mass is 9.91. The predicted octanol–water partition coefficient (Wildman–Crippen LogP) is 16.0. The number of halogens is 3. The number of ether oxygens (including phenoxy) is 7. The summed E-state index contributed by atoms with van der Waals surface area (Å²) in [5, 5.41) is 0. The fourth-order valence-corrected chi connectivity index (χ4v) is 9.43. The van der Waals surface area contributed by atoms with Crippen molar-refractivity contribution in [2.75, 3.05) is 60.5 Å². The lowest BCUT2D eigenvalue weighted by molar-refractivity contribution is -0.157. The highest BCUT2D eigenvalue weighted by Gasteiger charge is 2.32. The van der Waals surface area contributed by atoms with E-state index in [1.807, 2.05) is 95.2 Å². The fourth-order valence-electron chi connectivity index (χ4n) is 5.54. The van der Waals surface area contributed by atoms with E-state index >= 15 is 0 Å². The lowest BCUT2D eigenvalue weighted by Crippen LogP contribution is -2.28. The molecule has 3 unspecified atom stereocenters. The van der Waals surface area contributed by atoms with Crippen LogP contribution in [0.5, 0.6) is 5.75 Å². The maximum absolute atomic E-state index is 11.7. The van der Waals surface area contributed by atoms with Gasteiger partial charge in [-0.2, -0.15) is 0 Å². The second-order valence-electron chi connectivity index (χ2n) is 26.9. The van der Waals surface area contributed by atoms with Crippen molar-refractivity contribution in [2.24, 2.45) is 38.4 Å². The summed E-state index contributed by atoms with van der Waals surface area (Å²) in [5.74, 6) is -0.965. The van der Waals surface area contributed by atoms with Crippen molar-refractivity contribution in [1.29, 1.82) is 0 Å². The first kappa shape index (κ1) is 113. The molecule has 0 aromatic heterocycles. The Balaban J connectivity index is -0.000000269. The molecule has 0 saturated heterocycles. The molecule has 0 aliphatic carbocycles. The molecule has 0 spiro atoms. The number of esters is 7. The predicted molar refractivity (Wildman–Crippen MR) is 409 cm³/mol. The van der Waals surface area contributed by atoms with Gasteiger partial charge in [0.15, 0.2) is 5.75 Å². The van der Waals surface area contributed by atoms with Gasteiger partial charge in [0.2, 0.25) is 0 Å². The molecule has 2 rings (SSSR count). The van der Waals surface area contributed by atoms with Crippen LogP contribution in [0.15, 0.2) is 55.9 Å². The quantitative estimate of drug-likeness (QED) is 0.0108. The summed E-state index contributed by atoms with van der Waals surface area (Å²) in [6.07, 6.45) is 5.31. The van der Waals surface area contributed by atoms with Crippen LogP contribution in [-0.2, 0) is 98.3 Å². The zero-order valence-corrected chi connectivity index (χ0v) is 74.2. The zero-order valence-electron chi connectivity index (χ0n) is 65.9. The Labute approximate surface area is 648 Å². The summed E-state index contributed by atoms with van der Waals surface area (Å²) in [5.41, 5.74) is -1.51. The van der Waals surface area contributed by atoms with Gasteiger partial charge in [-0.3, -0.25) is 51.7 Å². The van der Waals surface area contributed by atoms with E-state index in [4.69, 9.17) is 62.8 Å². The molecule has 105 heavy (non-hydrogen) atoms. The number of rotatable bonds is 33. The molecule has 8 N–H and O–H groups in total. The third kappa shape index (κ3) is 59.1. The first-order chi connectivity index (χ1) is 47.5. The summed E-state index contributed by atoms with van der Waals surface area (Å²) in [6, 6.07) is 14.3. The number of phosphoric acid groups is 4. The van der Waals surface area contributed by atoms with Crippen molar-refractivity contribution in [3.8, 4) is 5.75 Å². The van der Waals surface area contributed by atoms with Gasteiger partial charge in [-0.05, 0) is 197 Å². The molecule has 0 bridgehead atoms. The molecule has 0 saturated carbocycles. The van der Waals surface area contributed by atoms with Crippen LogP contribution in [0.1, 0.15) is 222 Å². The normalized spacial score (nSPS) is 12.6. The van der Waals surface area contributed by atoms with Crippen molar-refractivity contribution < 1.29 is 142 Å². The van der Waals surface area contributed by atoms with Crippen LogP contribution in [0.3, 0.4) is 0 Å².